The molecule has 0 spiro atoms. The Morgan fingerprint density at radius 3 is 2.70 bits per heavy atom. The summed E-state index contributed by atoms with van der Waals surface area (Å²) < 4.78 is 10.9. The molecule has 1 saturated heterocycles. The topological polar surface area (TPSA) is 73.6 Å². The SMILES string of the molecule is CC(OCC1CCOCC1)C(=O)Nc1ccc(N)cc1. The normalized spacial score (nSPS) is 17.6. The van der Waals surface area contributed by atoms with E-state index in [0.29, 0.717) is 18.2 Å². The molecular formula is C15H22N2O3. The van der Waals surface area contributed by atoms with Gasteiger partial charge in [-0.15, -0.1) is 0 Å². The van der Waals surface area contributed by atoms with Crippen molar-refractivity contribution in [2.45, 2.75) is 25.9 Å². The first kappa shape index (κ1) is 14.8. The second-order valence-corrected chi connectivity index (χ2v) is 5.14. The van der Waals surface area contributed by atoms with Crippen LogP contribution in [0.25, 0.3) is 0 Å². The Morgan fingerprint density at radius 1 is 1.40 bits per heavy atom. The Hall–Kier alpha value is -1.59. The van der Waals surface area contributed by atoms with Crippen LogP contribution >= 0.6 is 0 Å². The average molecular weight is 278 g/mol. The van der Waals surface area contributed by atoms with Crippen molar-refractivity contribution in [3.05, 3.63) is 24.3 Å². The zero-order valence-electron chi connectivity index (χ0n) is 11.8. The summed E-state index contributed by atoms with van der Waals surface area (Å²) >= 11 is 0. The number of carbonyl (C=O) groups is 1. The van der Waals surface area contributed by atoms with Crippen molar-refractivity contribution in [1.29, 1.82) is 0 Å². The highest BCUT2D eigenvalue weighted by Gasteiger charge is 2.18. The minimum atomic E-state index is -0.463. The predicted molar refractivity (Wildman–Crippen MR) is 78.4 cm³/mol. The van der Waals surface area contributed by atoms with Crippen molar-refractivity contribution >= 4 is 17.3 Å². The molecule has 0 radical (unpaired) electrons. The van der Waals surface area contributed by atoms with Gasteiger partial charge < -0.3 is 20.5 Å². The van der Waals surface area contributed by atoms with Crippen molar-refractivity contribution in [2.24, 2.45) is 5.92 Å². The molecule has 1 unspecified atom stereocenters. The van der Waals surface area contributed by atoms with E-state index in [2.05, 4.69) is 5.32 Å². The molecule has 1 aromatic rings. The van der Waals surface area contributed by atoms with Crippen LogP contribution in [0.1, 0.15) is 19.8 Å². The molecule has 20 heavy (non-hydrogen) atoms. The first-order valence-corrected chi connectivity index (χ1v) is 7.01. The number of nitrogens with one attached hydrogen (secondary N) is 1. The van der Waals surface area contributed by atoms with Crippen LogP contribution in [0.15, 0.2) is 24.3 Å². The van der Waals surface area contributed by atoms with Crippen LogP contribution in [0.2, 0.25) is 0 Å². The Morgan fingerprint density at radius 2 is 2.05 bits per heavy atom. The molecule has 1 atom stereocenters. The Kier molecular flexibility index (Phi) is 5.38. The molecule has 3 N–H and O–H groups in total. The monoisotopic (exact) mass is 278 g/mol. The number of nitrogen functional groups attached to an aromatic ring is 1. The van der Waals surface area contributed by atoms with Gasteiger partial charge in [0.25, 0.3) is 5.91 Å². The van der Waals surface area contributed by atoms with E-state index in [1.54, 1.807) is 31.2 Å². The fraction of sp³-hybridized carbons (Fsp3) is 0.533. The Bertz CT molecular complexity index is 427. The molecule has 5 heteroatoms. The first-order valence-electron chi connectivity index (χ1n) is 7.01. The zero-order chi connectivity index (χ0) is 14.4. The smallest absolute Gasteiger partial charge is 0.253 e. The lowest BCUT2D eigenvalue weighted by molar-refractivity contribution is -0.127. The van der Waals surface area contributed by atoms with Gasteiger partial charge in [0, 0.05) is 24.6 Å². The summed E-state index contributed by atoms with van der Waals surface area (Å²) in [7, 11) is 0. The fourth-order valence-electron chi connectivity index (χ4n) is 2.08. The summed E-state index contributed by atoms with van der Waals surface area (Å²) in [6.07, 6.45) is 1.55. The van der Waals surface area contributed by atoms with Gasteiger partial charge in [0.15, 0.2) is 0 Å². The van der Waals surface area contributed by atoms with Crippen LogP contribution in [0.4, 0.5) is 11.4 Å². The van der Waals surface area contributed by atoms with Crippen LogP contribution in [-0.4, -0.2) is 31.8 Å². The van der Waals surface area contributed by atoms with E-state index in [1.165, 1.54) is 0 Å². The number of amides is 1. The molecule has 0 bridgehead atoms. The minimum Gasteiger partial charge on any atom is -0.399 e. The van der Waals surface area contributed by atoms with Crippen molar-refractivity contribution in [3.8, 4) is 0 Å². The van der Waals surface area contributed by atoms with Crippen LogP contribution in [0.3, 0.4) is 0 Å². The summed E-state index contributed by atoms with van der Waals surface area (Å²) in [6, 6.07) is 7.06. The van der Waals surface area contributed by atoms with Gasteiger partial charge in [0.05, 0.1) is 6.61 Å². The van der Waals surface area contributed by atoms with E-state index >= 15 is 0 Å². The molecule has 1 aliphatic rings. The lowest BCUT2D eigenvalue weighted by atomic mass is 10.0. The molecule has 110 valence electrons. The number of rotatable bonds is 5. The van der Waals surface area contributed by atoms with Crippen LogP contribution in [0.5, 0.6) is 0 Å². The number of anilines is 2. The molecule has 0 saturated carbocycles. The van der Waals surface area contributed by atoms with Gasteiger partial charge in [-0.2, -0.15) is 0 Å². The second kappa shape index (κ2) is 7.26. The molecule has 1 heterocycles. The molecule has 1 aromatic carbocycles. The predicted octanol–water partition coefficient (Wildman–Crippen LogP) is 2.04. The number of benzene rings is 1. The van der Waals surface area contributed by atoms with Gasteiger partial charge in [0.1, 0.15) is 6.10 Å². The van der Waals surface area contributed by atoms with E-state index in [-0.39, 0.29) is 5.91 Å². The van der Waals surface area contributed by atoms with Crippen LogP contribution in [-0.2, 0) is 14.3 Å². The maximum atomic E-state index is 12.0. The maximum absolute atomic E-state index is 12.0. The van der Waals surface area contributed by atoms with Crippen LogP contribution < -0.4 is 11.1 Å². The van der Waals surface area contributed by atoms with Gasteiger partial charge in [-0.1, -0.05) is 0 Å². The molecule has 1 aliphatic heterocycles. The molecule has 5 nitrogen and oxygen atoms in total. The van der Waals surface area contributed by atoms with Gasteiger partial charge in [0.2, 0.25) is 0 Å². The number of ether oxygens (including phenoxy) is 2. The van der Waals surface area contributed by atoms with Gasteiger partial charge in [-0.05, 0) is 49.9 Å². The van der Waals surface area contributed by atoms with Crippen molar-refractivity contribution in [3.63, 3.8) is 0 Å². The molecule has 0 aromatic heterocycles. The first-order chi connectivity index (χ1) is 9.65. The third-order valence-corrected chi connectivity index (χ3v) is 3.47. The highest BCUT2D eigenvalue weighted by molar-refractivity contribution is 5.94. The van der Waals surface area contributed by atoms with Gasteiger partial charge in [-0.3, -0.25) is 4.79 Å². The van der Waals surface area contributed by atoms with E-state index in [1.807, 2.05) is 0 Å². The van der Waals surface area contributed by atoms with Crippen molar-refractivity contribution in [1.82, 2.24) is 0 Å². The lowest BCUT2D eigenvalue weighted by Gasteiger charge is -2.23. The molecule has 0 aliphatic carbocycles. The van der Waals surface area contributed by atoms with E-state index in [0.717, 1.165) is 31.7 Å². The molecule has 1 amide bonds. The summed E-state index contributed by atoms with van der Waals surface area (Å²) in [5.74, 6) is 0.359. The molecule has 1 fully saturated rings. The van der Waals surface area contributed by atoms with Gasteiger partial charge >= 0.3 is 0 Å². The van der Waals surface area contributed by atoms with E-state index in [4.69, 9.17) is 15.2 Å². The highest BCUT2D eigenvalue weighted by Crippen LogP contribution is 2.16. The summed E-state index contributed by atoms with van der Waals surface area (Å²) in [4.78, 5) is 12.0. The van der Waals surface area contributed by atoms with E-state index < -0.39 is 6.10 Å². The quantitative estimate of drug-likeness (QED) is 0.808. The zero-order valence-corrected chi connectivity index (χ0v) is 11.8. The lowest BCUT2D eigenvalue weighted by Crippen LogP contribution is -2.30. The summed E-state index contributed by atoms with van der Waals surface area (Å²) in [5.41, 5.74) is 7.00. The third kappa shape index (κ3) is 4.51. The summed E-state index contributed by atoms with van der Waals surface area (Å²) in [5, 5.41) is 2.81. The third-order valence-electron chi connectivity index (χ3n) is 3.47. The number of nitrogens with two attached hydrogens (primary N) is 1. The Labute approximate surface area is 119 Å². The van der Waals surface area contributed by atoms with Crippen molar-refractivity contribution < 1.29 is 14.3 Å². The largest absolute Gasteiger partial charge is 0.399 e. The van der Waals surface area contributed by atoms with Crippen molar-refractivity contribution in [2.75, 3.05) is 30.9 Å². The number of carbonyl (C=O) groups excluding carboxylic acids is 1. The van der Waals surface area contributed by atoms with Crippen LogP contribution in [0, 0.1) is 5.92 Å². The summed E-state index contributed by atoms with van der Waals surface area (Å²) in [6.45, 7) is 3.96. The number of hydrogen-bond donors (Lipinski definition) is 2. The van der Waals surface area contributed by atoms with E-state index in [9.17, 15) is 4.79 Å². The standard InChI is InChI=1S/C15H22N2O3/c1-11(20-10-12-6-8-19-9-7-12)15(18)17-14-4-2-13(16)3-5-14/h2-5,11-12H,6-10,16H2,1H3,(H,17,18). The maximum Gasteiger partial charge on any atom is 0.253 e. The number of hydrogen-bond acceptors (Lipinski definition) is 4. The molecular weight excluding hydrogens is 256 g/mol. The fourth-order valence-corrected chi connectivity index (χ4v) is 2.08. The highest BCUT2D eigenvalue weighted by atomic mass is 16.5. The minimum absolute atomic E-state index is 0.137. The molecule has 2 rings (SSSR count). The Balaban J connectivity index is 1.75. The van der Waals surface area contributed by atoms with Gasteiger partial charge in [-0.25, -0.2) is 0 Å². The average Bonchev–Trinajstić information content (AvgIpc) is 2.48. The second-order valence-electron chi connectivity index (χ2n) is 5.14.